The number of benzene rings is 4. The van der Waals surface area contributed by atoms with Crippen molar-refractivity contribution in [2.45, 2.75) is 100 Å². The van der Waals surface area contributed by atoms with E-state index >= 15 is 4.39 Å². The van der Waals surface area contributed by atoms with Gasteiger partial charge >= 0.3 is 0 Å². The van der Waals surface area contributed by atoms with Gasteiger partial charge in [-0.05, 0) is 22.3 Å². The lowest BCUT2D eigenvalue weighted by Crippen LogP contribution is -2.75. The molecule has 12 atom stereocenters. The highest BCUT2D eigenvalue weighted by atomic mass is 19.1. The third-order valence-electron chi connectivity index (χ3n) is 9.89. The summed E-state index contributed by atoms with van der Waals surface area (Å²) in [4.78, 5) is 0. The van der Waals surface area contributed by atoms with Crippen LogP contribution in [0.15, 0.2) is 121 Å². The van der Waals surface area contributed by atoms with Gasteiger partial charge in [-0.3, -0.25) is 0 Å². The van der Waals surface area contributed by atoms with E-state index in [0.29, 0.717) is 6.61 Å². The van der Waals surface area contributed by atoms with Crippen LogP contribution in [0.4, 0.5) is 4.39 Å². The van der Waals surface area contributed by atoms with Crippen molar-refractivity contribution < 1.29 is 52.1 Å². The fourth-order valence-corrected chi connectivity index (χ4v) is 7.24. The van der Waals surface area contributed by atoms with Crippen LogP contribution in [0.1, 0.15) is 22.3 Å². The van der Waals surface area contributed by atoms with Crippen LogP contribution in [0.5, 0.6) is 0 Å². The fraction of sp³-hybridized carbons (Fsp3) is 0.415. The van der Waals surface area contributed by atoms with E-state index in [2.05, 4.69) is 0 Å². The minimum Gasteiger partial charge on any atom is -0.387 e. The van der Waals surface area contributed by atoms with Crippen LogP contribution >= 0.6 is 0 Å². The lowest BCUT2D eigenvalue weighted by Gasteiger charge is -2.57. The number of halogens is 1. The molecule has 52 heavy (non-hydrogen) atoms. The zero-order valence-corrected chi connectivity index (χ0v) is 28.5. The molecule has 0 spiro atoms. The normalized spacial score (nSPS) is 33.7. The van der Waals surface area contributed by atoms with E-state index in [-0.39, 0.29) is 26.4 Å². The molecule has 0 radical (unpaired) electrons. The first kappa shape index (κ1) is 35.4. The summed E-state index contributed by atoms with van der Waals surface area (Å²) < 4.78 is 72.5. The number of ether oxygens (including phenoxy) is 9. The molecule has 0 amide bonds. The molecule has 4 heterocycles. The highest BCUT2D eigenvalue weighted by Gasteiger charge is 2.64. The molecule has 4 aromatic rings. The Hall–Kier alpha value is -3.59. The lowest BCUT2D eigenvalue weighted by molar-refractivity contribution is -0.487. The molecule has 1 aliphatic carbocycles. The smallest absolute Gasteiger partial charge is 0.273 e. The van der Waals surface area contributed by atoms with Crippen LogP contribution in [0, 0.1) is 0 Å². The van der Waals surface area contributed by atoms with E-state index in [4.69, 9.17) is 42.6 Å². The van der Waals surface area contributed by atoms with Crippen molar-refractivity contribution in [3.8, 4) is 0 Å². The summed E-state index contributed by atoms with van der Waals surface area (Å²) in [6, 6.07) is 39.3. The molecule has 274 valence electrons. The van der Waals surface area contributed by atoms with Gasteiger partial charge in [0.05, 0.1) is 33.0 Å². The van der Waals surface area contributed by atoms with Crippen LogP contribution in [0.3, 0.4) is 0 Å². The van der Waals surface area contributed by atoms with Gasteiger partial charge in [0.1, 0.15) is 54.9 Å². The van der Waals surface area contributed by atoms with Gasteiger partial charge in [0.25, 0.3) is 6.48 Å². The number of aliphatic hydroxyl groups excluding tert-OH is 1. The molecular weight excluding hydrogens is 671 g/mol. The summed E-state index contributed by atoms with van der Waals surface area (Å²) in [6.45, 7) is 0.121. The van der Waals surface area contributed by atoms with Crippen LogP contribution in [0.2, 0.25) is 0 Å². The van der Waals surface area contributed by atoms with Gasteiger partial charge < -0.3 is 47.7 Å². The highest BCUT2D eigenvalue weighted by molar-refractivity contribution is 5.17. The van der Waals surface area contributed by atoms with Gasteiger partial charge in [-0.25, -0.2) is 4.39 Å². The fourth-order valence-electron chi connectivity index (χ4n) is 7.24. The van der Waals surface area contributed by atoms with E-state index in [1.54, 1.807) is 0 Å². The maximum atomic E-state index is 15.6. The number of hydrogen-bond acceptors (Lipinski definition) is 10. The Morgan fingerprint density at radius 1 is 0.500 bits per heavy atom. The van der Waals surface area contributed by atoms with E-state index in [0.717, 1.165) is 22.3 Å². The molecule has 5 aliphatic rings. The Morgan fingerprint density at radius 3 is 1.52 bits per heavy atom. The molecule has 4 saturated heterocycles. The van der Waals surface area contributed by atoms with Crippen molar-refractivity contribution in [3.05, 3.63) is 144 Å². The molecule has 4 aromatic carbocycles. The second kappa shape index (κ2) is 16.6. The Morgan fingerprint density at radius 2 is 0.962 bits per heavy atom. The number of aliphatic hydroxyl groups is 1. The van der Waals surface area contributed by atoms with Gasteiger partial charge in [0.15, 0.2) is 12.5 Å². The minimum absolute atomic E-state index is 0.127. The van der Waals surface area contributed by atoms with Crippen molar-refractivity contribution in [2.24, 2.45) is 0 Å². The standard InChI is InChI=1S/C41H43FO10/c42-31-34-32(43)36-38(35(31)51-41(50-34)52-36)49-40-39(47-24-29-19-11-4-12-20-29)37(46-23-28-17-9-3-10-18-28)33(45-22-27-15-7-2-8-16-27)30(48-40)25-44-21-26-13-5-1-6-14-26/h1-20,30-41,43H,21-25H2/t30-,31+,32+,33-,34+,35-,36+,37+,38+,39-,40-,41?/m1/s1. The summed E-state index contributed by atoms with van der Waals surface area (Å²) in [5, 5.41) is 11.0. The van der Waals surface area contributed by atoms with Crippen molar-refractivity contribution in [1.82, 2.24) is 0 Å². The van der Waals surface area contributed by atoms with E-state index < -0.39 is 73.9 Å². The predicted molar refractivity (Wildman–Crippen MR) is 184 cm³/mol. The Labute approximate surface area is 302 Å². The maximum absolute atomic E-state index is 15.6. The molecule has 4 aliphatic heterocycles. The highest BCUT2D eigenvalue weighted by Crippen LogP contribution is 2.44. The molecule has 4 bridgehead atoms. The Balaban J connectivity index is 1.12. The average molecular weight is 715 g/mol. The third-order valence-corrected chi connectivity index (χ3v) is 9.89. The van der Waals surface area contributed by atoms with Crippen molar-refractivity contribution in [2.75, 3.05) is 6.61 Å². The summed E-state index contributed by atoms with van der Waals surface area (Å²) in [6.07, 6.45) is -11.1. The maximum Gasteiger partial charge on any atom is 0.273 e. The van der Waals surface area contributed by atoms with Gasteiger partial charge in [0.2, 0.25) is 0 Å². The summed E-state index contributed by atoms with van der Waals surface area (Å²) in [7, 11) is 0. The summed E-state index contributed by atoms with van der Waals surface area (Å²) in [5.41, 5.74) is 3.86. The van der Waals surface area contributed by atoms with Crippen molar-refractivity contribution in [3.63, 3.8) is 0 Å². The minimum atomic E-state index is -1.64. The van der Waals surface area contributed by atoms with E-state index in [1.165, 1.54) is 0 Å². The van der Waals surface area contributed by atoms with E-state index in [1.807, 2.05) is 121 Å². The van der Waals surface area contributed by atoms with Gasteiger partial charge in [-0.1, -0.05) is 121 Å². The zero-order chi connectivity index (χ0) is 35.3. The number of hydrogen-bond donors (Lipinski definition) is 1. The zero-order valence-electron chi connectivity index (χ0n) is 28.5. The summed E-state index contributed by atoms with van der Waals surface area (Å²) in [5.74, 6) is 0. The second-order valence-corrected chi connectivity index (χ2v) is 13.5. The topological polar surface area (TPSA) is 103 Å². The molecule has 1 unspecified atom stereocenters. The van der Waals surface area contributed by atoms with Gasteiger partial charge in [0, 0.05) is 0 Å². The Bertz CT molecular complexity index is 1650. The average Bonchev–Trinajstić information content (AvgIpc) is 3.19. The molecule has 5 fully saturated rings. The molecule has 9 rings (SSSR count). The molecule has 0 aromatic heterocycles. The van der Waals surface area contributed by atoms with Crippen LogP contribution < -0.4 is 0 Å². The quantitative estimate of drug-likeness (QED) is 0.176. The first-order chi connectivity index (χ1) is 25.6. The van der Waals surface area contributed by atoms with E-state index in [9.17, 15) is 5.11 Å². The number of alkyl halides is 1. The van der Waals surface area contributed by atoms with Crippen LogP contribution in [0.25, 0.3) is 0 Å². The van der Waals surface area contributed by atoms with Gasteiger partial charge in [-0.2, -0.15) is 0 Å². The predicted octanol–water partition coefficient (Wildman–Crippen LogP) is 5.25. The molecule has 10 nitrogen and oxygen atoms in total. The van der Waals surface area contributed by atoms with Crippen LogP contribution in [-0.2, 0) is 69.1 Å². The first-order valence-electron chi connectivity index (χ1n) is 17.8. The van der Waals surface area contributed by atoms with Crippen molar-refractivity contribution >= 4 is 0 Å². The molecule has 1 saturated carbocycles. The molecule has 1 N–H and O–H groups in total. The molecular formula is C41H43FO10. The SMILES string of the molecule is O[C@H]1[C@H]2OC3O[C@H]([C@H]2F)[C@H](O[C@H]2O[C@H](COCc4ccccc4)[C@@H](OCc4ccccc4)[C@H](OCc4ccccc4)[C@H]2OCc2ccccc2)[C@H]1O3. The lowest BCUT2D eigenvalue weighted by atomic mass is 9.83. The Kier molecular flexibility index (Phi) is 11.3. The number of rotatable bonds is 15. The largest absolute Gasteiger partial charge is 0.387 e. The second-order valence-electron chi connectivity index (χ2n) is 13.5. The monoisotopic (exact) mass is 714 g/mol. The van der Waals surface area contributed by atoms with Gasteiger partial charge in [-0.15, -0.1) is 0 Å². The summed E-state index contributed by atoms with van der Waals surface area (Å²) >= 11 is 0. The third kappa shape index (κ3) is 7.99. The molecule has 11 heteroatoms. The first-order valence-corrected chi connectivity index (χ1v) is 17.8. The van der Waals surface area contributed by atoms with Crippen molar-refractivity contribution in [1.29, 1.82) is 0 Å². The van der Waals surface area contributed by atoms with Crippen LogP contribution in [-0.4, -0.2) is 85.6 Å².